The molecule has 1 amide bonds. The van der Waals surface area contributed by atoms with Crippen LogP contribution in [-0.4, -0.2) is 36.5 Å². The molecule has 0 aliphatic rings. The molecular weight excluding hydrogens is 338 g/mol. The van der Waals surface area contributed by atoms with Crippen LogP contribution < -0.4 is 14.8 Å². The zero-order valence-corrected chi connectivity index (χ0v) is 14.9. The van der Waals surface area contributed by atoms with Crippen LogP contribution in [0.15, 0.2) is 47.3 Å². The van der Waals surface area contributed by atoms with Crippen molar-refractivity contribution in [2.24, 2.45) is 0 Å². The summed E-state index contributed by atoms with van der Waals surface area (Å²) in [6, 6.07) is 9.23. The Morgan fingerprint density at radius 3 is 2.84 bits per heavy atom. The molecule has 0 spiro atoms. The van der Waals surface area contributed by atoms with Gasteiger partial charge in [0, 0.05) is 23.7 Å². The van der Waals surface area contributed by atoms with Gasteiger partial charge < -0.3 is 14.8 Å². The van der Waals surface area contributed by atoms with Crippen molar-refractivity contribution < 1.29 is 14.3 Å². The number of amides is 1. The number of benzene rings is 1. The van der Waals surface area contributed by atoms with E-state index in [0.717, 1.165) is 11.3 Å². The molecule has 7 heteroatoms. The van der Waals surface area contributed by atoms with Gasteiger partial charge in [0.1, 0.15) is 0 Å². The molecule has 0 aliphatic carbocycles. The number of aromatic nitrogens is 2. The summed E-state index contributed by atoms with van der Waals surface area (Å²) in [6.45, 7) is 1.05. The van der Waals surface area contributed by atoms with Gasteiger partial charge in [-0.05, 0) is 29.6 Å². The third kappa shape index (κ3) is 3.83. The van der Waals surface area contributed by atoms with Crippen LogP contribution in [0.3, 0.4) is 0 Å². The van der Waals surface area contributed by atoms with E-state index in [1.54, 1.807) is 36.6 Å². The largest absolute Gasteiger partial charge is 0.493 e. The highest BCUT2D eigenvalue weighted by atomic mass is 32.1. The third-order valence-corrected chi connectivity index (χ3v) is 4.41. The van der Waals surface area contributed by atoms with Gasteiger partial charge in [0.15, 0.2) is 11.5 Å². The molecule has 0 unspecified atom stereocenters. The number of ether oxygens (including phenoxy) is 2. The van der Waals surface area contributed by atoms with Gasteiger partial charge in [0.05, 0.1) is 32.0 Å². The maximum absolute atomic E-state index is 12.4. The number of carbonyl (C=O) groups excluding carboxylic acids is 1. The molecule has 1 aromatic carbocycles. The van der Waals surface area contributed by atoms with Crippen LogP contribution in [0, 0.1) is 0 Å². The molecule has 2 aromatic heterocycles. The van der Waals surface area contributed by atoms with Crippen molar-refractivity contribution in [2.75, 3.05) is 20.8 Å². The second kappa shape index (κ2) is 7.85. The minimum atomic E-state index is -0.207. The first kappa shape index (κ1) is 17.0. The first-order valence-corrected chi connectivity index (χ1v) is 8.72. The van der Waals surface area contributed by atoms with Crippen LogP contribution in [0.25, 0.3) is 11.3 Å². The first-order valence-electron chi connectivity index (χ1n) is 7.78. The molecule has 3 rings (SSSR count). The zero-order valence-electron chi connectivity index (χ0n) is 14.1. The van der Waals surface area contributed by atoms with Crippen LogP contribution in [0.2, 0.25) is 0 Å². The molecule has 0 saturated carbocycles. The van der Waals surface area contributed by atoms with Gasteiger partial charge in [-0.2, -0.15) is 16.4 Å². The maximum Gasteiger partial charge on any atom is 0.255 e. The second-order valence-corrected chi connectivity index (χ2v) is 6.05. The highest BCUT2D eigenvalue weighted by molar-refractivity contribution is 7.08. The Bertz CT molecular complexity index is 843. The van der Waals surface area contributed by atoms with E-state index in [-0.39, 0.29) is 5.91 Å². The minimum absolute atomic E-state index is 0.207. The second-order valence-electron chi connectivity index (χ2n) is 5.27. The summed E-state index contributed by atoms with van der Waals surface area (Å²) < 4.78 is 12.3. The monoisotopic (exact) mass is 357 g/mol. The lowest BCUT2D eigenvalue weighted by atomic mass is 10.1. The summed E-state index contributed by atoms with van der Waals surface area (Å²) in [7, 11) is 3.06. The molecular formula is C18H19N3O3S. The standard InChI is InChI=1S/C18H19N3O3S/c1-23-16-5-3-4-14(17(16)24-2)18(22)19-8-10-21-9-6-15(20-21)13-7-11-25-12-13/h3-7,9,11-12H,8,10H2,1-2H3,(H,19,22). The minimum Gasteiger partial charge on any atom is -0.493 e. The van der Waals surface area contributed by atoms with Crippen LogP contribution in [0.5, 0.6) is 11.5 Å². The molecule has 25 heavy (non-hydrogen) atoms. The molecule has 130 valence electrons. The van der Waals surface area contributed by atoms with Crippen LogP contribution in [-0.2, 0) is 6.54 Å². The SMILES string of the molecule is COc1cccc(C(=O)NCCn2ccc(-c3ccsc3)n2)c1OC. The number of para-hydroxylation sites is 1. The number of hydrogen-bond acceptors (Lipinski definition) is 5. The number of rotatable bonds is 7. The molecule has 0 aliphatic heterocycles. The molecule has 0 radical (unpaired) electrons. The Morgan fingerprint density at radius 1 is 1.24 bits per heavy atom. The fourth-order valence-electron chi connectivity index (χ4n) is 2.50. The highest BCUT2D eigenvalue weighted by Crippen LogP contribution is 2.30. The molecule has 0 fully saturated rings. The molecule has 6 nitrogen and oxygen atoms in total. The number of hydrogen-bond donors (Lipinski definition) is 1. The van der Waals surface area contributed by atoms with Gasteiger partial charge in [0.2, 0.25) is 0 Å². The van der Waals surface area contributed by atoms with Crippen molar-refractivity contribution in [2.45, 2.75) is 6.54 Å². The van der Waals surface area contributed by atoms with E-state index in [4.69, 9.17) is 9.47 Å². The van der Waals surface area contributed by atoms with Gasteiger partial charge in [-0.15, -0.1) is 0 Å². The smallest absolute Gasteiger partial charge is 0.255 e. The van der Waals surface area contributed by atoms with E-state index in [1.807, 2.05) is 28.4 Å². The van der Waals surface area contributed by atoms with Crippen molar-refractivity contribution in [3.63, 3.8) is 0 Å². The van der Waals surface area contributed by atoms with Gasteiger partial charge >= 0.3 is 0 Å². The Hall–Kier alpha value is -2.80. The normalized spacial score (nSPS) is 10.5. The van der Waals surface area contributed by atoms with Gasteiger partial charge in [-0.3, -0.25) is 9.48 Å². The van der Waals surface area contributed by atoms with Crippen LogP contribution in [0.1, 0.15) is 10.4 Å². The third-order valence-electron chi connectivity index (χ3n) is 3.73. The summed E-state index contributed by atoms with van der Waals surface area (Å²) in [5.74, 6) is 0.755. The molecule has 0 atom stereocenters. The van der Waals surface area contributed by atoms with E-state index in [9.17, 15) is 4.79 Å². The number of thiophene rings is 1. The van der Waals surface area contributed by atoms with Crippen molar-refractivity contribution in [3.05, 3.63) is 52.9 Å². The Balaban J connectivity index is 1.60. The van der Waals surface area contributed by atoms with Gasteiger partial charge in [-0.25, -0.2) is 0 Å². The summed E-state index contributed by atoms with van der Waals surface area (Å²) in [4.78, 5) is 12.4. The fraction of sp³-hybridized carbons (Fsp3) is 0.222. The molecule has 3 aromatic rings. The van der Waals surface area contributed by atoms with E-state index >= 15 is 0 Å². The van der Waals surface area contributed by atoms with Gasteiger partial charge in [-0.1, -0.05) is 6.07 Å². The maximum atomic E-state index is 12.4. The Kier molecular flexibility index (Phi) is 5.35. The van der Waals surface area contributed by atoms with Crippen LogP contribution in [0.4, 0.5) is 0 Å². The molecule has 1 N–H and O–H groups in total. The van der Waals surface area contributed by atoms with E-state index in [0.29, 0.717) is 30.2 Å². The average molecular weight is 357 g/mol. The zero-order chi connectivity index (χ0) is 17.6. The van der Waals surface area contributed by atoms with E-state index in [2.05, 4.69) is 15.8 Å². The predicted molar refractivity (Wildman–Crippen MR) is 97.4 cm³/mol. The average Bonchev–Trinajstić information content (AvgIpc) is 3.32. The molecule has 0 saturated heterocycles. The number of carbonyl (C=O) groups is 1. The number of nitrogens with one attached hydrogen (secondary N) is 1. The summed E-state index contributed by atoms with van der Waals surface area (Å²) in [6.07, 6.45) is 1.91. The van der Waals surface area contributed by atoms with E-state index < -0.39 is 0 Å². The lowest BCUT2D eigenvalue weighted by Crippen LogP contribution is -2.27. The van der Waals surface area contributed by atoms with E-state index in [1.165, 1.54) is 7.11 Å². The fourth-order valence-corrected chi connectivity index (χ4v) is 3.15. The predicted octanol–water partition coefficient (Wildman–Crippen LogP) is 3.06. The Labute approximate surface area is 150 Å². The summed E-state index contributed by atoms with van der Waals surface area (Å²) >= 11 is 1.64. The molecule has 2 heterocycles. The van der Waals surface area contributed by atoms with Gasteiger partial charge in [0.25, 0.3) is 5.91 Å². The number of nitrogens with zero attached hydrogens (tertiary/aromatic N) is 2. The van der Waals surface area contributed by atoms with Crippen LogP contribution >= 0.6 is 11.3 Å². The first-order chi connectivity index (χ1) is 12.2. The lowest BCUT2D eigenvalue weighted by molar-refractivity contribution is 0.0948. The Morgan fingerprint density at radius 2 is 2.12 bits per heavy atom. The van der Waals surface area contributed by atoms with Crippen molar-refractivity contribution in [1.29, 1.82) is 0 Å². The van der Waals surface area contributed by atoms with Crippen molar-refractivity contribution in [3.8, 4) is 22.8 Å². The topological polar surface area (TPSA) is 65.4 Å². The highest BCUT2D eigenvalue weighted by Gasteiger charge is 2.15. The summed E-state index contributed by atoms with van der Waals surface area (Å²) in [5, 5.41) is 11.5. The quantitative estimate of drug-likeness (QED) is 0.706. The number of methoxy groups -OCH3 is 2. The van der Waals surface area contributed by atoms with Crippen molar-refractivity contribution in [1.82, 2.24) is 15.1 Å². The summed E-state index contributed by atoms with van der Waals surface area (Å²) in [5.41, 5.74) is 2.48. The van der Waals surface area contributed by atoms with Crippen molar-refractivity contribution >= 4 is 17.2 Å². The lowest BCUT2D eigenvalue weighted by Gasteiger charge is -2.12. The molecule has 0 bridgehead atoms.